The third kappa shape index (κ3) is 2.79. The Morgan fingerprint density at radius 1 is 1.00 bits per heavy atom. The summed E-state index contributed by atoms with van der Waals surface area (Å²) >= 11 is 0. The molecule has 0 aliphatic carbocycles. The predicted molar refractivity (Wildman–Crippen MR) is 82.2 cm³/mol. The van der Waals surface area contributed by atoms with Crippen molar-refractivity contribution in [1.29, 1.82) is 0 Å². The van der Waals surface area contributed by atoms with Crippen molar-refractivity contribution in [2.75, 3.05) is 6.61 Å². The molecule has 120 valence electrons. The van der Waals surface area contributed by atoms with E-state index in [-0.39, 0.29) is 29.1 Å². The van der Waals surface area contributed by atoms with Gasteiger partial charge in [0.2, 0.25) is 11.5 Å². The molecule has 1 unspecified atom stereocenters. The van der Waals surface area contributed by atoms with Crippen LogP contribution in [-0.2, 0) is 9.59 Å². The van der Waals surface area contributed by atoms with E-state index in [2.05, 4.69) is 0 Å². The van der Waals surface area contributed by atoms with Gasteiger partial charge in [0.15, 0.2) is 11.5 Å². The van der Waals surface area contributed by atoms with Crippen molar-refractivity contribution in [3.8, 4) is 23.0 Å². The van der Waals surface area contributed by atoms with Gasteiger partial charge in [0, 0.05) is 24.6 Å². The number of carbonyl (C=O) groups is 2. The van der Waals surface area contributed by atoms with Crippen LogP contribution in [0.5, 0.6) is 23.0 Å². The van der Waals surface area contributed by atoms with Crippen LogP contribution in [0.1, 0.15) is 20.8 Å². The maximum Gasteiger partial charge on any atom is 0.308 e. The van der Waals surface area contributed by atoms with Crippen molar-refractivity contribution in [1.82, 2.24) is 0 Å². The van der Waals surface area contributed by atoms with Crippen LogP contribution in [0.3, 0.4) is 0 Å². The van der Waals surface area contributed by atoms with Gasteiger partial charge in [0.1, 0.15) is 12.7 Å². The third-order valence-corrected chi connectivity index (χ3v) is 3.31. The average Bonchev–Trinajstić information content (AvgIpc) is 2.49. The summed E-state index contributed by atoms with van der Waals surface area (Å²) in [5.74, 6) is 0.137. The van der Waals surface area contributed by atoms with E-state index >= 15 is 0 Å². The van der Waals surface area contributed by atoms with Crippen LogP contribution in [-0.4, -0.2) is 24.6 Å². The first kappa shape index (κ1) is 15.1. The summed E-state index contributed by atoms with van der Waals surface area (Å²) < 4.78 is 22.2. The topological polar surface area (TPSA) is 71.1 Å². The lowest BCUT2D eigenvalue weighted by Gasteiger charge is -2.28. The summed E-state index contributed by atoms with van der Waals surface area (Å²) in [5.41, 5.74) is 0. The number of carbonyl (C=O) groups excluding carboxylic acids is 2. The van der Waals surface area contributed by atoms with Crippen LogP contribution in [0.25, 0.3) is 10.8 Å². The molecule has 23 heavy (non-hydrogen) atoms. The maximum atomic E-state index is 11.5. The van der Waals surface area contributed by atoms with Crippen molar-refractivity contribution >= 4 is 22.7 Å². The Balaban J connectivity index is 2.34. The molecule has 3 rings (SSSR count). The van der Waals surface area contributed by atoms with Crippen LogP contribution in [0.15, 0.2) is 24.3 Å². The van der Waals surface area contributed by atoms with Gasteiger partial charge >= 0.3 is 11.9 Å². The minimum atomic E-state index is -0.473. The fourth-order valence-corrected chi connectivity index (χ4v) is 2.49. The molecule has 0 saturated heterocycles. The molecule has 0 bridgehead atoms. The normalized spacial score (nSPS) is 16.0. The Morgan fingerprint density at radius 2 is 1.52 bits per heavy atom. The molecule has 0 radical (unpaired) electrons. The van der Waals surface area contributed by atoms with Gasteiger partial charge in [-0.25, -0.2) is 0 Å². The van der Waals surface area contributed by atoms with Gasteiger partial charge in [0.25, 0.3) is 0 Å². The number of ether oxygens (including phenoxy) is 4. The minimum Gasteiger partial charge on any atom is -0.482 e. The van der Waals surface area contributed by atoms with Gasteiger partial charge in [-0.15, -0.1) is 0 Å². The molecule has 1 atom stereocenters. The first-order chi connectivity index (χ1) is 11.0. The van der Waals surface area contributed by atoms with Crippen LogP contribution < -0.4 is 18.9 Å². The largest absolute Gasteiger partial charge is 0.482 e. The monoisotopic (exact) mass is 316 g/mol. The lowest BCUT2D eigenvalue weighted by Crippen LogP contribution is -2.27. The van der Waals surface area contributed by atoms with Gasteiger partial charge in [-0.1, -0.05) is 24.3 Å². The molecule has 6 heteroatoms. The van der Waals surface area contributed by atoms with E-state index in [4.69, 9.17) is 18.9 Å². The SMILES string of the molecule is CC(=O)Oc1c2c(c(OC(C)=O)c3ccccc13)OC(C)CO2. The third-order valence-electron chi connectivity index (χ3n) is 3.31. The zero-order valence-electron chi connectivity index (χ0n) is 13.0. The average molecular weight is 316 g/mol. The highest BCUT2D eigenvalue weighted by molar-refractivity contribution is 6.01. The van der Waals surface area contributed by atoms with E-state index in [0.29, 0.717) is 17.4 Å². The van der Waals surface area contributed by atoms with E-state index in [9.17, 15) is 9.59 Å². The highest BCUT2D eigenvalue weighted by Crippen LogP contribution is 2.53. The maximum absolute atomic E-state index is 11.5. The van der Waals surface area contributed by atoms with Crippen LogP contribution in [0.2, 0.25) is 0 Å². The van der Waals surface area contributed by atoms with Crippen molar-refractivity contribution < 1.29 is 28.5 Å². The molecule has 1 heterocycles. The molecular weight excluding hydrogens is 300 g/mol. The summed E-state index contributed by atoms with van der Waals surface area (Å²) in [6.07, 6.45) is -0.219. The van der Waals surface area contributed by atoms with E-state index < -0.39 is 11.9 Å². The summed E-state index contributed by atoms with van der Waals surface area (Å²) in [6.45, 7) is 4.77. The van der Waals surface area contributed by atoms with Gasteiger partial charge in [0.05, 0.1) is 0 Å². The van der Waals surface area contributed by atoms with Crippen molar-refractivity contribution in [2.24, 2.45) is 0 Å². The van der Waals surface area contributed by atoms with Gasteiger partial charge < -0.3 is 18.9 Å². The summed E-state index contributed by atoms with van der Waals surface area (Å²) in [7, 11) is 0. The number of fused-ring (bicyclic) bond motifs is 2. The Morgan fingerprint density at radius 3 is 2.04 bits per heavy atom. The molecule has 1 aliphatic rings. The fourth-order valence-electron chi connectivity index (χ4n) is 2.49. The lowest BCUT2D eigenvalue weighted by molar-refractivity contribution is -0.133. The van der Waals surface area contributed by atoms with Gasteiger partial charge in [-0.05, 0) is 6.92 Å². The van der Waals surface area contributed by atoms with Crippen molar-refractivity contribution in [2.45, 2.75) is 26.9 Å². The van der Waals surface area contributed by atoms with E-state index in [0.717, 1.165) is 0 Å². The Labute approximate surface area is 132 Å². The highest BCUT2D eigenvalue weighted by atomic mass is 16.6. The quantitative estimate of drug-likeness (QED) is 0.627. The molecular formula is C17H16O6. The van der Waals surface area contributed by atoms with Gasteiger partial charge in [-0.2, -0.15) is 0 Å². The van der Waals surface area contributed by atoms with E-state index in [1.165, 1.54) is 13.8 Å². The standard InChI is InChI=1S/C17H16O6/c1-9-8-20-16-14(22-10(2)18)12-6-4-5-7-13(12)15(17(16)21-9)23-11(3)19/h4-7,9H,8H2,1-3H3. The molecule has 0 spiro atoms. The zero-order valence-corrected chi connectivity index (χ0v) is 13.0. The number of benzene rings is 2. The molecule has 0 fully saturated rings. The Bertz CT molecular complexity index is 795. The van der Waals surface area contributed by atoms with Crippen LogP contribution >= 0.6 is 0 Å². The first-order valence-corrected chi connectivity index (χ1v) is 7.22. The number of hydrogen-bond acceptors (Lipinski definition) is 6. The Kier molecular flexibility index (Phi) is 3.82. The van der Waals surface area contributed by atoms with Crippen LogP contribution in [0, 0.1) is 0 Å². The Hall–Kier alpha value is -2.76. The molecule has 0 saturated carbocycles. The summed E-state index contributed by atoms with van der Waals surface area (Å²) in [6, 6.07) is 7.13. The fraction of sp³-hybridized carbons (Fsp3) is 0.294. The molecule has 0 aromatic heterocycles. The molecule has 6 nitrogen and oxygen atoms in total. The molecule has 2 aromatic rings. The zero-order chi connectivity index (χ0) is 16.6. The van der Waals surface area contributed by atoms with E-state index in [1.54, 1.807) is 24.3 Å². The predicted octanol–water partition coefficient (Wildman–Crippen LogP) is 2.85. The van der Waals surface area contributed by atoms with Gasteiger partial charge in [-0.3, -0.25) is 9.59 Å². The molecule has 0 amide bonds. The second-order valence-electron chi connectivity index (χ2n) is 5.29. The number of rotatable bonds is 2. The van der Waals surface area contributed by atoms with E-state index in [1.807, 2.05) is 6.92 Å². The lowest BCUT2D eigenvalue weighted by atomic mass is 10.1. The molecule has 0 N–H and O–H groups in total. The highest BCUT2D eigenvalue weighted by Gasteiger charge is 2.30. The molecule has 2 aromatic carbocycles. The first-order valence-electron chi connectivity index (χ1n) is 7.22. The second kappa shape index (κ2) is 5.79. The summed E-state index contributed by atoms with van der Waals surface area (Å²) in [5, 5.41) is 1.21. The summed E-state index contributed by atoms with van der Waals surface area (Å²) in [4.78, 5) is 22.9. The smallest absolute Gasteiger partial charge is 0.308 e. The number of esters is 2. The minimum absolute atomic E-state index is 0.219. The van der Waals surface area contributed by atoms with Crippen LogP contribution in [0.4, 0.5) is 0 Å². The number of hydrogen-bond donors (Lipinski definition) is 0. The van der Waals surface area contributed by atoms with Crippen molar-refractivity contribution in [3.05, 3.63) is 24.3 Å². The molecule has 1 aliphatic heterocycles. The van der Waals surface area contributed by atoms with Crippen molar-refractivity contribution in [3.63, 3.8) is 0 Å². The second-order valence-corrected chi connectivity index (χ2v) is 5.29.